The number of thiophene rings is 1. The molecule has 4 rings (SSSR count). The lowest BCUT2D eigenvalue weighted by atomic mass is 9.94. The number of carbonyl (C=O) groups is 2. The number of carbonyl (C=O) groups excluding carboxylic acids is 2. The summed E-state index contributed by atoms with van der Waals surface area (Å²) in [5.41, 5.74) is 1.88. The summed E-state index contributed by atoms with van der Waals surface area (Å²) in [7, 11) is 0. The molecular weight excluding hydrogens is 414 g/mol. The van der Waals surface area contributed by atoms with Crippen molar-refractivity contribution in [3.63, 3.8) is 0 Å². The number of hydrogen-bond donors (Lipinski definition) is 3. The van der Waals surface area contributed by atoms with Crippen molar-refractivity contribution in [1.29, 1.82) is 0 Å². The maximum absolute atomic E-state index is 12.4. The van der Waals surface area contributed by atoms with Gasteiger partial charge in [0.15, 0.2) is 11.5 Å². The molecule has 1 aliphatic rings. The van der Waals surface area contributed by atoms with Crippen LogP contribution >= 0.6 is 11.3 Å². The van der Waals surface area contributed by atoms with Crippen LogP contribution in [0.1, 0.15) is 29.1 Å². The molecule has 1 aliphatic heterocycles. The molecule has 0 radical (unpaired) electrons. The summed E-state index contributed by atoms with van der Waals surface area (Å²) in [6.07, 6.45) is 0. The Morgan fingerprint density at radius 3 is 2.39 bits per heavy atom. The van der Waals surface area contributed by atoms with Gasteiger partial charge in [0.2, 0.25) is 12.7 Å². The molecule has 8 heteroatoms. The van der Waals surface area contributed by atoms with Crippen molar-refractivity contribution in [3.05, 3.63) is 70.4 Å². The van der Waals surface area contributed by atoms with Crippen LogP contribution in [0.3, 0.4) is 0 Å². The minimum Gasteiger partial charge on any atom is -0.454 e. The molecule has 0 fully saturated rings. The third kappa shape index (κ3) is 5.04. The van der Waals surface area contributed by atoms with Gasteiger partial charge in [0.1, 0.15) is 0 Å². The highest BCUT2D eigenvalue weighted by Crippen LogP contribution is 2.35. The smallest absolute Gasteiger partial charge is 0.265 e. The second kappa shape index (κ2) is 8.79. The van der Waals surface area contributed by atoms with Crippen LogP contribution in [0, 0.1) is 0 Å². The average molecular weight is 438 g/mol. The monoisotopic (exact) mass is 437 g/mol. The minimum absolute atomic E-state index is 0.137. The van der Waals surface area contributed by atoms with Crippen LogP contribution in [-0.4, -0.2) is 25.2 Å². The number of rotatable bonds is 7. The molecule has 0 unspecified atom stereocenters. The zero-order chi connectivity index (χ0) is 21.8. The molecular formula is C23H23N3O4S. The van der Waals surface area contributed by atoms with Gasteiger partial charge in [-0.15, -0.1) is 11.3 Å². The predicted octanol–water partition coefficient (Wildman–Crippen LogP) is 4.19. The van der Waals surface area contributed by atoms with Crippen LogP contribution in [0.15, 0.2) is 60.0 Å². The largest absolute Gasteiger partial charge is 0.454 e. The zero-order valence-electron chi connectivity index (χ0n) is 17.2. The summed E-state index contributed by atoms with van der Waals surface area (Å²) in [6, 6.07) is 16.4. The Morgan fingerprint density at radius 2 is 1.68 bits per heavy atom. The molecule has 7 nitrogen and oxygen atoms in total. The Morgan fingerprint density at radius 1 is 0.968 bits per heavy atom. The Bertz CT molecular complexity index is 1080. The van der Waals surface area contributed by atoms with Crippen molar-refractivity contribution in [2.24, 2.45) is 0 Å². The van der Waals surface area contributed by atoms with E-state index in [0.29, 0.717) is 22.0 Å². The fraction of sp³-hybridized carbons (Fsp3) is 0.217. The van der Waals surface area contributed by atoms with Crippen molar-refractivity contribution < 1.29 is 19.1 Å². The average Bonchev–Trinajstić information content (AvgIpc) is 3.45. The van der Waals surface area contributed by atoms with E-state index in [-0.39, 0.29) is 25.2 Å². The Hall–Kier alpha value is -3.36. The van der Waals surface area contributed by atoms with E-state index in [1.807, 2.05) is 43.5 Å². The first-order valence-corrected chi connectivity index (χ1v) is 10.7. The normalized spacial score (nSPS) is 12.5. The topological polar surface area (TPSA) is 88.7 Å². The summed E-state index contributed by atoms with van der Waals surface area (Å²) in [4.78, 5) is 25.2. The van der Waals surface area contributed by atoms with Crippen LogP contribution in [-0.2, 0) is 10.3 Å². The quantitative estimate of drug-likeness (QED) is 0.516. The number of ether oxygens (including phenoxy) is 2. The third-order valence-corrected chi connectivity index (χ3v) is 5.83. The number of fused-ring (bicyclic) bond motifs is 1. The lowest BCUT2D eigenvalue weighted by Gasteiger charge is -2.27. The minimum atomic E-state index is -0.436. The van der Waals surface area contributed by atoms with Gasteiger partial charge in [-0.2, -0.15) is 0 Å². The number of amides is 2. The van der Waals surface area contributed by atoms with Gasteiger partial charge in [-0.3, -0.25) is 14.9 Å². The van der Waals surface area contributed by atoms with Crippen LogP contribution in [0.4, 0.5) is 11.4 Å². The first kappa shape index (κ1) is 20.9. The van der Waals surface area contributed by atoms with E-state index in [0.717, 1.165) is 11.3 Å². The maximum atomic E-state index is 12.4. The number of benzene rings is 2. The fourth-order valence-corrected chi connectivity index (χ4v) is 3.75. The third-order valence-electron chi connectivity index (χ3n) is 4.96. The molecule has 3 aromatic rings. The summed E-state index contributed by atoms with van der Waals surface area (Å²) in [5.74, 6) is 1.13. The summed E-state index contributed by atoms with van der Waals surface area (Å²) in [5, 5.41) is 10.8. The highest BCUT2D eigenvalue weighted by atomic mass is 32.1. The first-order chi connectivity index (χ1) is 14.9. The van der Waals surface area contributed by atoms with E-state index in [9.17, 15) is 9.59 Å². The van der Waals surface area contributed by atoms with Crippen LogP contribution in [0.25, 0.3) is 0 Å². The van der Waals surface area contributed by atoms with Gasteiger partial charge in [-0.05, 0) is 67.3 Å². The van der Waals surface area contributed by atoms with Crippen molar-refractivity contribution in [2.45, 2.75) is 19.4 Å². The summed E-state index contributed by atoms with van der Waals surface area (Å²) < 4.78 is 10.8. The molecule has 31 heavy (non-hydrogen) atoms. The lowest BCUT2D eigenvalue weighted by Crippen LogP contribution is -2.41. The zero-order valence-corrected chi connectivity index (χ0v) is 18.0. The Labute approximate surface area is 184 Å². The van der Waals surface area contributed by atoms with Gasteiger partial charge in [0.05, 0.1) is 11.4 Å². The van der Waals surface area contributed by atoms with Gasteiger partial charge in [-0.1, -0.05) is 12.1 Å². The molecule has 0 atom stereocenters. The number of anilines is 2. The lowest BCUT2D eigenvalue weighted by molar-refractivity contribution is -0.115. The highest BCUT2D eigenvalue weighted by molar-refractivity contribution is 7.12. The van der Waals surface area contributed by atoms with E-state index >= 15 is 0 Å². The first-order valence-electron chi connectivity index (χ1n) is 9.81. The van der Waals surface area contributed by atoms with Gasteiger partial charge in [-0.25, -0.2) is 0 Å². The van der Waals surface area contributed by atoms with E-state index in [1.165, 1.54) is 11.3 Å². The van der Waals surface area contributed by atoms with Gasteiger partial charge in [0.25, 0.3) is 5.91 Å². The Kier molecular flexibility index (Phi) is 5.92. The van der Waals surface area contributed by atoms with E-state index < -0.39 is 5.54 Å². The SMILES string of the molecule is CC(C)(NCC(=O)Nc1ccc(NC(=O)c2cccs2)cc1)c1ccc2c(c1)OCO2. The number of nitrogens with one attached hydrogen (secondary N) is 3. The molecule has 0 bridgehead atoms. The van der Waals surface area contributed by atoms with Crippen molar-refractivity contribution in [1.82, 2.24) is 5.32 Å². The van der Waals surface area contributed by atoms with E-state index in [4.69, 9.17) is 9.47 Å². The molecule has 2 aromatic carbocycles. The molecule has 1 aromatic heterocycles. The molecule has 160 valence electrons. The van der Waals surface area contributed by atoms with Crippen LogP contribution in [0.5, 0.6) is 11.5 Å². The predicted molar refractivity (Wildman–Crippen MR) is 121 cm³/mol. The van der Waals surface area contributed by atoms with Gasteiger partial charge in [0, 0.05) is 16.9 Å². The number of hydrogen-bond acceptors (Lipinski definition) is 6. The summed E-state index contributed by atoms with van der Waals surface area (Å²) in [6.45, 7) is 4.37. The van der Waals surface area contributed by atoms with Crippen molar-refractivity contribution in [2.75, 3.05) is 24.0 Å². The standard InChI is InChI=1S/C23H23N3O4S/c1-23(2,15-5-10-18-19(12-15)30-14-29-18)24-13-21(27)25-16-6-8-17(9-7-16)26-22(28)20-4-3-11-31-20/h3-12,24H,13-14H2,1-2H3,(H,25,27)(H,26,28). The molecule has 2 heterocycles. The second-order valence-corrected chi connectivity index (χ2v) is 8.55. The molecule has 0 aliphatic carbocycles. The molecule has 0 spiro atoms. The van der Waals surface area contributed by atoms with Gasteiger partial charge >= 0.3 is 0 Å². The summed E-state index contributed by atoms with van der Waals surface area (Å²) >= 11 is 1.38. The van der Waals surface area contributed by atoms with Gasteiger partial charge < -0.3 is 20.1 Å². The highest BCUT2D eigenvalue weighted by Gasteiger charge is 2.24. The second-order valence-electron chi connectivity index (χ2n) is 7.60. The Balaban J connectivity index is 1.29. The van der Waals surface area contributed by atoms with Crippen molar-refractivity contribution in [3.8, 4) is 11.5 Å². The molecule has 2 amide bonds. The maximum Gasteiger partial charge on any atom is 0.265 e. The fourth-order valence-electron chi connectivity index (χ4n) is 3.13. The molecule has 3 N–H and O–H groups in total. The van der Waals surface area contributed by atoms with E-state index in [1.54, 1.807) is 30.3 Å². The van der Waals surface area contributed by atoms with Crippen LogP contribution < -0.4 is 25.4 Å². The van der Waals surface area contributed by atoms with Crippen LogP contribution in [0.2, 0.25) is 0 Å². The van der Waals surface area contributed by atoms with E-state index in [2.05, 4.69) is 16.0 Å². The molecule has 0 saturated heterocycles. The van der Waals surface area contributed by atoms with Crippen molar-refractivity contribution >= 4 is 34.5 Å². The molecule has 0 saturated carbocycles.